The van der Waals surface area contributed by atoms with E-state index in [1.54, 1.807) is 4.68 Å². The van der Waals surface area contributed by atoms with E-state index in [1.165, 1.54) is 25.8 Å². The summed E-state index contributed by atoms with van der Waals surface area (Å²) in [5, 5.41) is 4.39. The molecule has 0 spiro atoms. The Morgan fingerprint density at radius 3 is 2.93 bits per heavy atom. The number of rotatable bonds is 2. The van der Waals surface area contributed by atoms with Gasteiger partial charge in [-0.25, -0.2) is 0 Å². The van der Waals surface area contributed by atoms with E-state index < -0.39 is 0 Å². The highest BCUT2D eigenvalue weighted by molar-refractivity contribution is 5.30. The van der Waals surface area contributed by atoms with Crippen LogP contribution < -0.4 is 5.73 Å². The third kappa shape index (κ3) is 2.31. The van der Waals surface area contributed by atoms with Crippen molar-refractivity contribution in [3.05, 3.63) is 11.8 Å². The van der Waals surface area contributed by atoms with Gasteiger partial charge in [0.05, 0.1) is 5.69 Å². The van der Waals surface area contributed by atoms with Gasteiger partial charge in [-0.05, 0) is 26.3 Å². The molecule has 1 aromatic heterocycles. The fourth-order valence-corrected chi connectivity index (χ4v) is 2.22. The number of aryl methyl sites for hydroxylation is 1. The Morgan fingerprint density at radius 1 is 1.53 bits per heavy atom. The Hall–Kier alpha value is -1.03. The lowest BCUT2D eigenvalue weighted by Crippen LogP contribution is -2.36. The summed E-state index contributed by atoms with van der Waals surface area (Å²) in [5.74, 6) is 0.745. The number of nitrogens with zero attached hydrogens (tertiary/aromatic N) is 3. The van der Waals surface area contributed by atoms with Crippen LogP contribution in [0.4, 0.5) is 5.82 Å². The molecule has 0 unspecified atom stereocenters. The number of aromatic nitrogens is 2. The summed E-state index contributed by atoms with van der Waals surface area (Å²) < 4.78 is 1.74. The van der Waals surface area contributed by atoms with Crippen LogP contribution in [0, 0.1) is 0 Å². The second kappa shape index (κ2) is 4.23. The largest absolute Gasteiger partial charge is 0.384 e. The number of nitrogens with two attached hydrogens (primary N) is 1. The summed E-state index contributed by atoms with van der Waals surface area (Å²) >= 11 is 0. The Balaban J connectivity index is 2.01. The maximum atomic E-state index is 5.76. The van der Waals surface area contributed by atoms with Crippen molar-refractivity contribution >= 4 is 5.82 Å². The topological polar surface area (TPSA) is 47.1 Å². The molecule has 0 amide bonds. The van der Waals surface area contributed by atoms with Gasteiger partial charge < -0.3 is 5.73 Å². The number of hydrogen-bond donors (Lipinski definition) is 1. The molecule has 4 nitrogen and oxygen atoms in total. The van der Waals surface area contributed by atoms with E-state index in [4.69, 9.17) is 5.73 Å². The molecule has 0 saturated carbocycles. The molecule has 0 radical (unpaired) electrons. The van der Waals surface area contributed by atoms with E-state index in [0.29, 0.717) is 6.04 Å². The van der Waals surface area contributed by atoms with Crippen molar-refractivity contribution in [2.24, 2.45) is 7.05 Å². The van der Waals surface area contributed by atoms with E-state index >= 15 is 0 Å². The number of hydrogen-bond acceptors (Lipinski definition) is 3. The van der Waals surface area contributed by atoms with Gasteiger partial charge >= 0.3 is 0 Å². The van der Waals surface area contributed by atoms with Crippen molar-refractivity contribution in [3.63, 3.8) is 0 Å². The summed E-state index contributed by atoms with van der Waals surface area (Å²) in [6.07, 6.45) is 3.98. The summed E-state index contributed by atoms with van der Waals surface area (Å²) in [6.45, 7) is 4.43. The van der Waals surface area contributed by atoms with Crippen LogP contribution in [0.15, 0.2) is 6.07 Å². The van der Waals surface area contributed by atoms with Gasteiger partial charge in [-0.1, -0.05) is 6.42 Å². The number of piperidine rings is 1. The Bertz CT molecular complexity index is 312. The number of nitrogen functional groups attached to an aromatic ring is 1. The van der Waals surface area contributed by atoms with E-state index in [0.717, 1.165) is 18.1 Å². The van der Waals surface area contributed by atoms with Crippen LogP contribution in [-0.4, -0.2) is 27.3 Å². The molecule has 0 bridgehead atoms. The number of anilines is 1. The van der Waals surface area contributed by atoms with Gasteiger partial charge in [-0.3, -0.25) is 9.58 Å². The second-order valence-corrected chi connectivity index (χ2v) is 4.50. The normalized spacial score (nSPS) is 23.2. The lowest BCUT2D eigenvalue weighted by Gasteiger charge is -2.32. The molecule has 1 fully saturated rings. The van der Waals surface area contributed by atoms with Crippen LogP contribution in [0.25, 0.3) is 0 Å². The first-order chi connectivity index (χ1) is 7.16. The highest BCUT2D eigenvalue weighted by Crippen LogP contribution is 2.19. The van der Waals surface area contributed by atoms with Gasteiger partial charge in [0.2, 0.25) is 0 Å². The lowest BCUT2D eigenvalue weighted by atomic mass is 10.0. The average molecular weight is 208 g/mol. The first-order valence-corrected chi connectivity index (χ1v) is 5.69. The molecule has 1 saturated heterocycles. The molecule has 0 aliphatic carbocycles. The van der Waals surface area contributed by atoms with E-state index in [1.807, 2.05) is 13.1 Å². The maximum Gasteiger partial charge on any atom is 0.121 e. The Kier molecular flexibility index (Phi) is 2.95. The zero-order chi connectivity index (χ0) is 10.8. The molecule has 1 aromatic rings. The van der Waals surface area contributed by atoms with Crippen LogP contribution in [0.3, 0.4) is 0 Å². The summed E-state index contributed by atoms with van der Waals surface area (Å²) in [7, 11) is 1.89. The van der Waals surface area contributed by atoms with E-state index in [-0.39, 0.29) is 0 Å². The first kappa shape index (κ1) is 10.5. The third-order valence-corrected chi connectivity index (χ3v) is 3.27. The van der Waals surface area contributed by atoms with Crippen molar-refractivity contribution in [2.45, 2.75) is 38.8 Å². The van der Waals surface area contributed by atoms with Crippen LogP contribution in [0.2, 0.25) is 0 Å². The van der Waals surface area contributed by atoms with Crippen LogP contribution in [0.5, 0.6) is 0 Å². The smallest absolute Gasteiger partial charge is 0.121 e. The predicted molar refractivity (Wildman–Crippen MR) is 61.3 cm³/mol. The predicted octanol–water partition coefficient (Wildman–Crippen LogP) is 1.38. The fourth-order valence-electron chi connectivity index (χ4n) is 2.22. The molecule has 2 heterocycles. The lowest BCUT2D eigenvalue weighted by molar-refractivity contribution is 0.150. The molecular formula is C11H20N4. The number of likely N-dealkylation sites (tertiary alicyclic amines) is 1. The Morgan fingerprint density at radius 2 is 2.33 bits per heavy atom. The van der Waals surface area contributed by atoms with Crippen molar-refractivity contribution in [3.8, 4) is 0 Å². The van der Waals surface area contributed by atoms with E-state index in [9.17, 15) is 0 Å². The van der Waals surface area contributed by atoms with Crippen LogP contribution in [-0.2, 0) is 13.6 Å². The van der Waals surface area contributed by atoms with Gasteiger partial charge in [0.25, 0.3) is 0 Å². The molecule has 1 atom stereocenters. The SMILES string of the molecule is C[C@H]1CCCCN1Cc1cc(N)n(C)n1. The highest BCUT2D eigenvalue weighted by Gasteiger charge is 2.19. The minimum absolute atomic E-state index is 0.682. The van der Waals surface area contributed by atoms with E-state index in [2.05, 4.69) is 16.9 Å². The Labute approximate surface area is 91.1 Å². The second-order valence-electron chi connectivity index (χ2n) is 4.50. The molecule has 0 aromatic carbocycles. The zero-order valence-corrected chi connectivity index (χ0v) is 9.61. The average Bonchev–Trinajstić information content (AvgIpc) is 2.50. The van der Waals surface area contributed by atoms with Crippen molar-refractivity contribution in [2.75, 3.05) is 12.3 Å². The molecule has 4 heteroatoms. The molecule has 2 rings (SSSR count). The van der Waals surface area contributed by atoms with Gasteiger partial charge in [0.15, 0.2) is 0 Å². The van der Waals surface area contributed by atoms with Crippen molar-refractivity contribution < 1.29 is 0 Å². The minimum atomic E-state index is 0.682. The quantitative estimate of drug-likeness (QED) is 0.798. The third-order valence-electron chi connectivity index (χ3n) is 3.27. The van der Waals surface area contributed by atoms with Crippen LogP contribution in [0.1, 0.15) is 31.9 Å². The van der Waals surface area contributed by atoms with Gasteiger partial charge in [-0.2, -0.15) is 5.10 Å². The van der Waals surface area contributed by atoms with Crippen molar-refractivity contribution in [1.29, 1.82) is 0 Å². The van der Waals surface area contributed by atoms with Crippen molar-refractivity contribution in [1.82, 2.24) is 14.7 Å². The monoisotopic (exact) mass is 208 g/mol. The van der Waals surface area contributed by atoms with Gasteiger partial charge in [0.1, 0.15) is 5.82 Å². The molecule has 15 heavy (non-hydrogen) atoms. The van der Waals surface area contributed by atoms with Gasteiger partial charge in [0, 0.05) is 25.7 Å². The molecule has 1 aliphatic rings. The van der Waals surface area contributed by atoms with Gasteiger partial charge in [-0.15, -0.1) is 0 Å². The summed E-state index contributed by atoms with van der Waals surface area (Å²) in [6, 6.07) is 2.66. The molecule has 1 aliphatic heterocycles. The fraction of sp³-hybridized carbons (Fsp3) is 0.727. The standard InChI is InChI=1S/C11H20N4/c1-9-5-3-4-6-15(9)8-10-7-11(12)14(2)13-10/h7,9H,3-6,8,12H2,1-2H3/t9-/m0/s1. The molecule has 84 valence electrons. The zero-order valence-electron chi connectivity index (χ0n) is 9.61. The summed E-state index contributed by atoms with van der Waals surface area (Å²) in [5.41, 5.74) is 6.85. The first-order valence-electron chi connectivity index (χ1n) is 5.69. The molecule has 2 N–H and O–H groups in total. The summed E-state index contributed by atoms with van der Waals surface area (Å²) in [4.78, 5) is 2.49. The maximum absolute atomic E-state index is 5.76. The van der Waals surface area contributed by atoms with Crippen LogP contribution >= 0.6 is 0 Å². The minimum Gasteiger partial charge on any atom is -0.384 e. The highest BCUT2D eigenvalue weighted by atomic mass is 15.3. The molecular weight excluding hydrogens is 188 g/mol.